The van der Waals surface area contributed by atoms with E-state index in [-0.39, 0.29) is 35.5 Å². The summed E-state index contributed by atoms with van der Waals surface area (Å²) in [5.74, 6) is 1.46. The van der Waals surface area contributed by atoms with Crippen molar-refractivity contribution >= 4 is 24.0 Å². The van der Waals surface area contributed by atoms with Gasteiger partial charge in [-0.2, -0.15) is 0 Å². The van der Waals surface area contributed by atoms with Crippen molar-refractivity contribution in [2.75, 3.05) is 13.1 Å². The molecule has 4 fully saturated rings. The number of amides is 4. The van der Waals surface area contributed by atoms with E-state index in [1.165, 1.54) is 61.2 Å². The summed E-state index contributed by atoms with van der Waals surface area (Å²) in [4.78, 5) is 62.5. The highest BCUT2D eigenvalue weighted by atomic mass is 16.6. The molecule has 6 rings (SSSR count). The summed E-state index contributed by atoms with van der Waals surface area (Å²) < 4.78 is 15.3. The smallest absolute Gasteiger partial charge is 0.417 e. The first kappa shape index (κ1) is 43.4. The van der Waals surface area contributed by atoms with Crippen LogP contribution in [0.4, 0.5) is 9.59 Å². The largest absolute Gasteiger partial charge is 0.443 e. The van der Waals surface area contributed by atoms with Crippen LogP contribution in [0.15, 0.2) is 25.0 Å². The number of carbonyl (C=O) groups is 4. The van der Waals surface area contributed by atoms with Crippen molar-refractivity contribution in [1.82, 2.24) is 28.9 Å². The molecule has 0 bridgehead atoms. The van der Waals surface area contributed by atoms with Gasteiger partial charge in [0.15, 0.2) is 0 Å². The maximum atomic E-state index is 12.9. The molecule has 2 aliphatic heterocycles. The summed E-state index contributed by atoms with van der Waals surface area (Å²) in [5.41, 5.74) is 0.665. The first-order valence-corrected chi connectivity index (χ1v) is 21.4. The summed E-state index contributed by atoms with van der Waals surface area (Å²) in [6, 6.07) is 1.05. The predicted octanol–water partition coefficient (Wildman–Crippen LogP) is 9.19. The highest BCUT2D eigenvalue weighted by molar-refractivity contribution is 5.94. The van der Waals surface area contributed by atoms with Gasteiger partial charge >= 0.3 is 12.2 Å². The Bertz CT molecular complexity index is 1520. The van der Waals surface area contributed by atoms with Crippen molar-refractivity contribution in [2.45, 2.75) is 170 Å². The number of hydrogen-bond acceptors (Lipinski definition) is 8. The van der Waals surface area contributed by atoms with Crippen molar-refractivity contribution in [1.29, 1.82) is 0 Å². The number of aromatic nitrogens is 4. The summed E-state index contributed by atoms with van der Waals surface area (Å²) in [6.45, 7) is 20.6. The van der Waals surface area contributed by atoms with Crippen LogP contribution < -0.4 is 0 Å². The van der Waals surface area contributed by atoms with E-state index >= 15 is 0 Å². The zero-order valence-electron chi connectivity index (χ0n) is 36.0. The minimum atomic E-state index is -0.607. The topological polar surface area (TPSA) is 129 Å². The molecule has 0 radical (unpaired) electrons. The number of carbonyl (C=O) groups excluding carboxylic acids is 4. The Morgan fingerprint density at radius 1 is 0.589 bits per heavy atom. The van der Waals surface area contributed by atoms with E-state index < -0.39 is 23.4 Å². The maximum absolute atomic E-state index is 12.9. The zero-order valence-corrected chi connectivity index (χ0v) is 36.0. The molecule has 2 aromatic rings. The SMILES string of the molecule is CC1CCC(n2cnc(C[C@@H]3C[C@H](C)CN(C(=O)OC(C)(C)C)C3=O)c2)CC1.CC1CCC(n2cnc(C[C@H]3C[C@H](C)CN(C(=O)OC(C)(C)C)C3=O)c2)CC1. The fourth-order valence-electron chi connectivity index (χ4n) is 8.83. The van der Waals surface area contributed by atoms with Crippen molar-refractivity contribution in [2.24, 2.45) is 35.5 Å². The molecule has 2 saturated heterocycles. The predicted molar refractivity (Wildman–Crippen MR) is 216 cm³/mol. The molecule has 12 nitrogen and oxygen atoms in total. The van der Waals surface area contributed by atoms with Gasteiger partial charge in [0.1, 0.15) is 11.2 Å². The van der Waals surface area contributed by atoms with E-state index in [4.69, 9.17) is 9.47 Å². The molecule has 4 amide bonds. The molecule has 4 aliphatic rings. The second kappa shape index (κ2) is 18.3. The highest BCUT2D eigenvalue weighted by Crippen LogP contribution is 2.34. The normalized spacial score (nSPS) is 29.0. The number of imidazole rings is 2. The molecule has 0 spiro atoms. The van der Waals surface area contributed by atoms with Crippen molar-refractivity contribution in [3.63, 3.8) is 0 Å². The average molecular weight is 779 g/mol. The minimum Gasteiger partial charge on any atom is -0.443 e. The van der Waals surface area contributed by atoms with Crippen molar-refractivity contribution in [3.05, 3.63) is 36.4 Å². The molecule has 4 atom stereocenters. The molecule has 0 N–H and O–H groups in total. The van der Waals surface area contributed by atoms with Crippen LogP contribution >= 0.6 is 0 Å². The van der Waals surface area contributed by atoms with E-state index in [0.717, 1.165) is 36.1 Å². The third-order valence-electron chi connectivity index (χ3n) is 11.9. The Kier molecular flexibility index (Phi) is 14.2. The lowest BCUT2D eigenvalue weighted by Gasteiger charge is -2.35. The molecule has 0 unspecified atom stereocenters. The Balaban J connectivity index is 0.000000214. The number of imide groups is 2. The van der Waals surface area contributed by atoms with Crippen LogP contribution in [0.2, 0.25) is 0 Å². The van der Waals surface area contributed by atoms with Gasteiger partial charge in [0.05, 0.1) is 24.0 Å². The average Bonchev–Trinajstić information content (AvgIpc) is 3.77. The second-order valence-corrected chi connectivity index (χ2v) is 19.8. The van der Waals surface area contributed by atoms with Crippen LogP contribution in [0.1, 0.15) is 157 Å². The summed E-state index contributed by atoms with van der Waals surface area (Å²) in [5, 5.41) is 0. The van der Waals surface area contributed by atoms with Crippen molar-refractivity contribution in [3.8, 4) is 0 Å². The lowest BCUT2D eigenvalue weighted by Crippen LogP contribution is -2.50. The molecule has 2 saturated carbocycles. The van der Waals surface area contributed by atoms with Gasteiger partial charge in [-0.25, -0.2) is 29.4 Å². The summed E-state index contributed by atoms with van der Waals surface area (Å²) in [6.07, 6.45) is 19.6. The Morgan fingerprint density at radius 2 is 0.929 bits per heavy atom. The van der Waals surface area contributed by atoms with Crippen LogP contribution in [0.5, 0.6) is 0 Å². The van der Waals surface area contributed by atoms with Crippen LogP contribution in [-0.4, -0.2) is 77.2 Å². The fourth-order valence-corrected chi connectivity index (χ4v) is 8.83. The van der Waals surface area contributed by atoms with Gasteiger partial charge in [0.25, 0.3) is 0 Å². The standard InChI is InChI=1S/2C22H35N3O3/c2*1-15-6-8-19(9-7-15)24-13-18(23-14-24)11-17-10-16(2)12-25(20(17)26)21(27)28-22(3,4)5/h2*13-17,19H,6-12H2,1-5H3/t15?,16-,17+,19?;15?,16-,17-,19?/m00/s1. The maximum Gasteiger partial charge on any atom is 0.417 e. The Morgan fingerprint density at radius 3 is 1.25 bits per heavy atom. The molecule has 56 heavy (non-hydrogen) atoms. The van der Waals surface area contributed by atoms with Crippen LogP contribution in [0.3, 0.4) is 0 Å². The molecule has 2 aromatic heterocycles. The molecule has 0 aromatic carbocycles. The van der Waals surface area contributed by atoms with Gasteiger partial charge in [-0.05, 0) is 129 Å². The molecule has 12 heteroatoms. The van der Waals surface area contributed by atoms with E-state index in [9.17, 15) is 19.2 Å². The van der Waals surface area contributed by atoms with Gasteiger partial charge in [0.2, 0.25) is 11.8 Å². The lowest BCUT2D eigenvalue weighted by molar-refractivity contribution is -0.139. The van der Waals surface area contributed by atoms with Crippen molar-refractivity contribution < 1.29 is 28.7 Å². The van der Waals surface area contributed by atoms with E-state index in [1.807, 2.05) is 54.2 Å². The molecule has 2 aliphatic carbocycles. The van der Waals surface area contributed by atoms with Crippen LogP contribution in [-0.2, 0) is 31.9 Å². The fraction of sp³-hybridized carbons (Fsp3) is 0.773. The molecular formula is C44H70N6O6. The highest BCUT2D eigenvalue weighted by Gasteiger charge is 2.40. The Labute approximate surface area is 335 Å². The van der Waals surface area contributed by atoms with Crippen LogP contribution in [0, 0.1) is 35.5 Å². The first-order chi connectivity index (χ1) is 26.2. The third-order valence-corrected chi connectivity index (χ3v) is 11.9. The van der Waals surface area contributed by atoms with Gasteiger partial charge in [-0.15, -0.1) is 0 Å². The quantitative estimate of drug-likeness (QED) is 0.284. The van der Waals surface area contributed by atoms with E-state index in [1.54, 1.807) is 0 Å². The summed E-state index contributed by atoms with van der Waals surface area (Å²) in [7, 11) is 0. The van der Waals surface area contributed by atoms with E-state index in [2.05, 4.69) is 59.2 Å². The monoisotopic (exact) mass is 779 g/mol. The molecular weight excluding hydrogens is 709 g/mol. The van der Waals surface area contributed by atoms with Gasteiger partial charge < -0.3 is 18.6 Å². The number of piperidine rings is 2. The molecule has 312 valence electrons. The zero-order chi connectivity index (χ0) is 40.9. The minimum absolute atomic E-state index is 0.131. The van der Waals surface area contributed by atoms with Gasteiger partial charge in [0, 0.05) is 62.2 Å². The number of ether oxygens (including phenoxy) is 2. The van der Waals surface area contributed by atoms with Crippen LogP contribution in [0.25, 0.3) is 0 Å². The molecule has 4 heterocycles. The number of nitrogens with zero attached hydrogens (tertiary/aromatic N) is 6. The first-order valence-electron chi connectivity index (χ1n) is 21.4. The van der Waals surface area contributed by atoms with Gasteiger partial charge in [-0.3, -0.25) is 9.59 Å². The van der Waals surface area contributed by atoms with E-state index in [0.29, 0.717) is 38.0 Å². The third kappa shape index (κ3) is 12.2. The second-order valence-electron chi connectivity index (χ2n) is 19.8. The number of likely N-dealkylation sites (tertiary alicyclic amines) is 2. The number of rotatable bonds is 6. The summed E-state index contributed by atoms with van der Waals surface area (Å²) >= 11 is 0. The lowest BCUT2D eigenvalue weighted by atomic mass is 9.86. The number of hydrogen-bond donors (Lipinski definition) is 0. The van der Waals surface area contributed by atoms with Gasteiger partial charge in [-0.1, -0.05) is 27.7 Å². The Hall–Kier alpha value is -3.70.